The minimum absolute atomic E-state index is 0.0474. The molecule has 2 aromatic carbocycles. The summed E-state index contributed by atoms with van der Waals surface area (Å²) in [5.41, 5.74) is 1.53. The van der Waals surface area contributed by atoms with Crippen LogP contribution in [0.4, 0.5) is 10.5 Å². The molecule has 0 N–H and O–H groups in total. The maximum absolute atomic E-state index is 13.4. The van der Waals surface area contributed by atoms with Crippen LogP contribution < -0.4 is 0 Å². The summed E-state index contributed by atoms with van der Waals surface area (Å²) >= 11 is 0. The van der Waals surface area contributed by atoms with Gasteiger partial charge in [-0.2, -0.15) is 0 Å². The summed E-state index contributed by atoms with van der Waals surface area (Å²) in [6, 6.07) is 14.3. The number of carbonyl (C=O) groups is 2. The highest BCUT2D eigenvalue weighted by atomic mass is 16.6. The molecule has 0 spiro atoms. The number of rotatable bonds is 9. The van der Waals surface area contributed by atoms with E-state index in [1.54, 1.807) is 26.8 Å². The first-order chi connectivity index (χ1) is 18.1. The molecule has 0 aromatic heterocycles. The first-order valence-corrected chi connectivity index (χ1v) is 12.1. The van der Waals surface area contributed by atoms with E-state index in [9.17, 15) is 19.7 Å². The molecule has 1 heterocycles. The van der Waals surface area contributed by atoms with Gasteiger partial charge in [0.1, 0.15) is 12.6 Å². The van der Waals surface area contributed by atoms with Crippen LogP contribution in [-0.4, -0.2) is 66.2 Å². The van der Waals surface area contributed by atoms with Gasteiger partial charge in [-0.15, -0.1) is 0 Å². The van der Waals surface area contributed by atoms with Crippen molar-refractivity contribution in [1.29, 1.82) is 0 Å². The number of nitro benzene ring substituents is 1. The van der Waals surface area contributed by atoms with Crippen LogP contribution in [0.25, 0.3) is 0 Å². The summed E-state index contributed by atoms with van der Waals surface area (Å²) in [4.78, 5) is 44.9. The van der Waals surface area contributed by atoms with Gasteiger partial charge in [-0.3, -0.25) is 15.0 Å². The van der Waals surface area contributed by atoms with Gasteiger partial charge in [0.15, 0.2) is 0 Å². The standard InChI is InChI=1S/C27H32N4O7/c1-18(2)38-25(32)23-19(3)28-26(36-5)30(24(23)21-12-9-13-22(16-21)31(34)35)27(33)37-15-14-29(4)17-20-10-7-6-8-11-20/h6-13,16,18,24H,14-15,17H2,1-5H3. The minimum Gasteiger partial charge on any atom is -0.468 e. The van der Waals surface area contributed by atoms with Crippen LogP contribution in [0.1, 0.15) is 37.9 Å². The maximum atomic E-state index is 13.4. The Labute approximate surface area is 221 Å². The number of amidine groups is 1. The average molecular weight is 525 g/mol. The predicted molar refractivity (Wildman–Crippen MR) is 140 cm³/mol. The Kier molecular flexibility index (Phi) is 9.55. The highest BCUT2D eigenvalue weighted by Crippen LogP contribution is 2.37. The van der Waals surface area contributed by atoms with Crippen molar-refractivity contribution in [3.8, 4) is 0 Å². The maximum Gasteiger partial charge on any atom is 0.418 e. The minimum atomic E-state index is -1.12. The second kappa shape index (κ2) is 12.8. The number of methoxy groups -OCH3 is 1. The molecule has 1 amide bonds. The summed E-state index contributed by atoms with van der Waals surface area (Å²) < 4.78 is 16.4. The molecule has 1 atom stereocenters. The molecule has 38 heavy (non-hydrogen) atoms. The summed E-state index contributed by atoms with van der Waals surface area (Å²) in [6.07, 6.45) is -1.26. The lowest BCUT2D eigenvalue weighted by molar-refractivity contribution is -0.384. The van der Waals surface area contributed by atoms with Gasteiger partial charge in [0, 0.05) is 25.2 Å². The number of carbonyl (C=O) groups excluding carboxylic acids is 2. The van der Waals surface area contributed by atoms with Crippen LogP contribution in [0, 0.1) is 10.1 Å². The van der Waals surface area contributed by atoms with Crippen molar-refractivity contribution < 1.29 is 28.7 Å². The lowest BCUT2D eigenvalue weighted by Crippen LogP contribution is -2.46. The molecule has 0 aliphatic carbocycles. The predicted octanol–water partition coefficient (Wildman–Crippen LogP) is 4.45. The Morgan fingerprint density at radius 1 is 1.16 bits per heavy atom. The normalized spacial score (nSPS) is 15.4. The molecule has 11 heteroatoms. The van der Waals surface area contributed by atoms with Crippen LogP contribution in [0.2, 0.25) is 0 Å². The Hall–Kier alpha value is -4.25. The molecule has 0 bridgehead atoms. The van der Waals surface area contributed by atoms with Crippen molar-refractivity contribution in [1.82, 2.24) is 9.80 Å². The number of benzene rings is 2. The van der Waals surface area contributed by atoms with E-state index < -0.39 is 29.1 Å². The van der Waals surface area contributed by atoms with Crippen LogP contribution in [0.15, 0.2) is 70.9 Å². The molecule has 3 rings (SSSR count). The second-order valence-corrected chi connectivity index (χ2v) is 9.01. The number of nitrogens with zero attached hydrogens (tertiary/aromatic N) is 4. The number of allylic oxidation sites excluding steroid dienone is 1. The first kappa shape index (κ1) is 28.3. The Morgan fingerprint density at radius 3 is 2.50 bits per heavy atom. The van der Waals surface area contributed by atoms with E-state index in [-0.39, 0.29) is 29.6 Å². The Bertz CT molecular complexity index is 1230. The van der Waals surface area contributed by atoms with Gasteiger partial charge in [0.2, 0.25) is 0 Å². The van der Waals surface area contributed by atoms with Gasteiger partial charge in [0.05, 0.1) is 29.4 Å². The zero-order valence-electron chi connectivity index (χ0n) is 22.1. The van der Waals surface area contributed by atoms with Crippen molar-refractivity contribution in [3.05, 3.63) is 87.1 Å². The third-order valence-electron chi connectivity index (χ3n) is 5.72. The molecule has 1 aliphatic heterocycles. The number of aliphatic imine (C=N–C) groups is 1. The lowest BCUT2D eigenvalue weighted by atomic mass is 9.94. The molecule has 0 radical (unpaired) electrons. The fourth-order valence-corrected chi connectivity index (χ4v) is 4.02. The van der Waals surface area contributed by atoms with Crippen LogP contribution in [-0.2, 0) is 25.5 Å². The van der Waals surface area contributed by atoms with E-state index >= 15 is 0 Å². The van der Waals surface area contributed by atoms with Gasteiger partial charge in [0.25, 0.3) is 5.69 Å². The number of esters is 1. The molecule has 202 valence electrons. The van der Waals surface area contributed by atoms with Gasteiger partial charge in [-0.1, -0.05) is 42.5 Å². The summed E-state index contributed by atoms with van der Waals surface area (Å²) in [6.45, 7) is 6.12. The molecular weight excluding hydrogens is 492 g/mol. The van der Waals surface area contributed by atoms with Crippen LogP contribution >= 0.6 is 0 Å². The number of amides is 1. The third-order valence-corrected chi connectivity index (χ3v) is 5.72. The van der Waals surface area contributed by atoms with E-state index in [0.29, 0.717) is 18.7 Å². The third kappa shape index (κ3) is 6.94. The smallest absolute Gasteiger partial charge is 0.418 e. The van der Waals surface area contributed by atoms with Gasteiger partial charge in [-0.25, -0.2) is 19.5 Å². The van der Waals surface area contributed by atoms with E-state index in [0.717, 1.165) is 10.5 Å². The number of hydrogen-bond donors (Lipinski definition) is 0. The fourth-order valence-electron chi connectivity index (χ4n) is 4.02. The second-order valence-electron chi connectivity index (χ2n) is 9.01. The SMILES string of the molecule is COC1=NC(C)=C(C(=O)OC(C)C)C(c2cccc([N+](=O)[O-])c2)N1C(=O)OCCN(C)Cc1ccccc1. The number of ether oxygens (including phenoxy) is 3. The van der Waals surface area contributed by atoms with Gasteiger partial charge in [-0.05, 0) is 38.9 Å². The van der Waals surface area contributed by atoms with Crippen molar-refractivity contribution in [2.75, 3.05) is 27.3 Å². The molecule has 2 aromatic rings. The van der Waals surface area contributed by atoms with Crippen molar-refractivity contribution in [2.24, 2.45) is 4.99 Å². The first-order valence-electron chi connectivity index (χ1n) is 12.1. The Balaban J connectivity index is 1.90. The van der Waals surface area contributed by atoms with E-state index in [2.05, 4.69) is 4.99 Å². The topological polar surface area (TPSA) is 124 Å². The summed E-state index contributed by atoms with van der Waals surface area (Å²) in [5, 5.41) is 11.5. The highest BCUT2D eigenvalue weighted by Gasteiger charge is 2.42. The molecule has 0 saturated carbocycles. The number of likely N-dealkylation sites (N-methyl/N-ethyl adjacent to an activating group) is 1. The number of non-ortho nitro benzene ring substituents is 1. The number of nitro groups is 1. The summed E-state index contributed by atoms with van der Waals surface area (Å²) in [7, 11) is 3.24. The fraction of sp³-hybridized carbons (Fsp3) is 0.370. The van der Waals surface area contributed by atoms with Crippen molar-refractivity contribution in [3.63, 3.8) is 0 Å². The van der Waals surface area contributed by atoms with E-state index in [1.807, 2.05) is 42.3 Å². The zero-order valence-corrected chi connectivity index (χ0v) is 22.1. The van der Waals surface area contributed by atoms with Crippen LogP contribution in [0.5, 0.6) is 0 Å². The largest absolute Gasteiger partial charge is 0.468 e. The zero-order chi connectivity index (χ0) is 27.8. The number of hydrogen-bond acceptors (Lipinski definition) is 9. The molecule has 1 unspecified atom stereocenters. The highest BCUT2D eigenvalue weighted by molar-refractivity contribution is 5.99. The molecular formula is C27H32N4O7. The van der Waals surface area contributed by atoms with Crippen molar-refractivity contribution in [2.45, 2.75) is 39.5 Å². The quantitative estimate of drug-likeness (QED) is 0.268. The van der Waals surface area contributed by atoms with E-state index in [1.165, 1.54) is 25.3 Å². The Morgan fingerprint density at radius 2 is 1.87 bits per heavy atom. The van der Waals surface area contributed by atoms with E-state index in [4.69, 9.17) is 14.2 Å². The van der Waals surface area contributed by atoms with Gasteiger partial charge >= 0.3 is 18.1 Å². The molecule has 0 saturated heterocycles. The van der Waals surface area contributed by atoms with Gasteiger partial charge < -0.3 is 14.2 Å². The molecule has 11 nitrogen and oxygen atoms in total. The lowest BCUT2D eigenvalue weighted by Gasteiger charge is -2.35. The van der Waals surface area contributed by atoms with Crippen molar-refractivity contribution >= 4 is 23.8 Å². The molecule has 0 fully saturated rings. The summed E-state index contributed by atoms with van der Waals surface area (Å²) in [5.74, 6) is -0.701. The average Bonchev–Trinajstić information content (AvgIpc) is 2.87. The molecule has 1 aliphatic rings. The monoisotopic (exact) mass is 524 g/mol. The van der Waals surface area contributed by atoms with Crippen LogP contribution in [0.3, 0.4) is 0 Å².